The zero-order valence-corrected chi connectivity index (χ0v) is 20.7. The van der Waals surface area contributed by atoms with Crippen molar-refractivity contribution in [1.82, 2.24) is 9.97 Å². The van der Waals surface area contributed by atoms with Crippen LogP contribution in [0.3, 0.4) is 0 Å². The van der Waals surface area contributed by atoms with Crippen LogP contribution >= 0.6 is 0 Å². The molecule has 2 heterocycles. The topological polar surface area (TPSA) is 25.8 Å². The van der Waals surface area contributed by atoms with Gasteiger partial charge in [0.1, 0.15) is 0 Å². The minimum atomic E-state index is 0. The Hall–Kier alpha value is -3.39. The quantitative estimate of drug-likeness (QED) is 0.202. The van der Waals surface area contributed by atoms with Crippen molar-refractivity contribution >= 4 is 0 Å². The summed E-state index contributed by atoms with van der Waals surface area (Å²) >= 11 is 0. The summed E-state index contributed by atoms with van der Waals surface area (Å²) in [5.41, 5.74) is 6.64. The van der Waals surface area contributed by atoms with Crippen LogP contribution in [0.4, 0.5) is 0 Å². The Balaban J connectivity index is 0.000000202. The molecule has 0 amide bonds. The summed E-state index contributed by atoms with van der Waals surface area (Å²) in [4.78, 5) is 8.61. The molecule has 0 saturated heterocycles. The molecular weight excluding hydrogens is 581 g/mol. The molecule has 5 aromatic rings. The molecule has 0 aliphatic rings. The molecular formula is C30H24IrN2-2. The molecule has 5 rings (SSSR count). The molecule has 0 saturated carbocycles. The van der Waals surface area contributed by atoms with Crippen LogP contribution in [0.15, 0.2) is 122 Å². The second-order valence-corrected chi connectivity index (χ2v) is 7.37. The van der Waals surface area contributed by atoms with E-state index in [1.54, 1.807) is 6.20 Å². The Labute approximate surface area is 209 Å². The smallest absolute Gasteiger partial charge is 0.0160 e. The Morgan fingerprint density at radius 1 is 0.576 bits per heavy atom. The van der Waals surface area contributed by atoms with Gasteiger partial charge in [-0.05, 0) is 35.0 Å². The number of aromatic nitrogens is 2. The van der Waals surface area contributed by atoms with Crippen molar-refractivity contribution in [3.8, 4) is 22.5 Å². The first kappa shape index (κ1) is 24.3. The van der Waals surface area contributed by atoms with Crippen molar-refractivity contribution in [2.75, 3.05) is 0 Å². The minimum absolute atomic E-state index is 0. The monoisotopic (exact) mass is 605 g/mol. The van der Waals surface area contributed by atoms with Gasteiger partial charge in [0.05, 0.1) is 0 Å². The van der Waals surface area contributed by atoms with Gasteiger partial charge in [-0.1, -0.05) is 61.5 Å². The van der Waals surface area contributed by atoms with Gasteiger partial charge in [-0.3, -0.25) is 0 Å². The van der Waals surface area contributed by atoms with Crippen LogP contribution in [0.5, 0.6) is 0 Å². The number of nitrogens with zero attached hydrogens (tertiary/aromatic N) is 2. The molecule has 3 aromatic carbocycles. The SMILES string of the molecule is CC(c1ccccc1)c1cc[c-]c(-c2ccccn2)c1.[Ir].[c-]1ccccc1-c1ccccn1. The molecule has 33 heavy (non-hydrogen) atoms. The van der Waals surface area contributed by atoms with E-state index in [0.717, 1.165) is 22.5 Å². The molecule has 0 aliphatic heterocycles. The number of benzene rings is 3. The number of rotatable bonds is 4. The number of hydrogen-bond acceptors (Lipinski definition) is 2. The molecule has 0 N–H and O–H groups in total. The molecule has 0 aliphatic carbocycles. The molecule has 1 radical (unpaired) electrons. The molecule has 1 unspecified atom stereocenters. The van der Waals surface area contributed by atoms with Crippen LogP contribution in [0, 0.1) is 12.1 Å². The van der Waals surface area contributed by atoms with Crippen LogP contribution in [0.2, 0.25) is 0 Å². The maximum Gasteiger partial charge on any atom is 0.0160 e. The van der Waals surface area contributed by atoms with Gasteiger partial charge >= 0.3 is 0 Å². The third-order valence-electron chi connectivity index (χ3n) is 5.22. The minimum Gasteiger partial charge on any atom is -0.305 e. The van der Waals surface area contributed by atoms with Crippen molar-refractivity contribution in [1.29, 1.82) is 0 Å². The summed E-state index contributed by atoms with van der Waals surface area (Å²) in [7, 11) is 0. The molecule has 165 valence electrons. The van der Waals surface area contributed by atoms with Crippen molar-refractivity contribution in [3.63, 3.8) is 0 Å². The average Bonchev–Trinajstić information content (AvgIpc) is 2.91. The van der Waals surface area contributed by atoms with Crippen molar-refractivity contribution in [3.05, 3.63) is 145 Å². The van der Waals surface area contributed by atoms with Gasteiger partial charge in [-0.25, -0.2) is 0 Å². The van der Waals surface area contributed by atoms with E-state index >= 15 is 0 Å². The largest absolute Gasteiger partial charge is 0.305 e. The van der Waals surface area contributed by atoms with Crippen LogP contribution in [0.25, 0.3) is 22.5 Å². The van der Waals surface area contributed by atoms with Crippen LogP contribution in [0.1, 0.15) is 24.0 Å². The average molecular weight is 605 g/mol. The van der Waals surface area contributed by atoms with Gasteiger partial charge in [0.25, 0.3) is 0 Å². The summed E-state index contributed by atoms with van der Waals surface area (Å²) in [6.45, 7) is 2.23. The molecule has 2 aromatic heterocycles. The van der Waals surface area contributed by atoms with Crippen LogP contribution in [-0.2, 0) is 20.1 Å². The molecule has 0 spiro atoms. The number of hydrogen-bond donors (Lipinski definition) is 0. The van der Waals surface area contributed by atoms with Gasteiger partial charge in [-0.15, -0.1) is 71.3 Å². The van der Waals surface area contributed by atoms with E-state index in [0.29, 0.717) is 5.92 Å². The van der Waals surface area contributed by atoms with Gasteiger partial charge in [0, 0.05) is 32.5 Å². The predicted molar refractivity (Wildman–Crippen MR) is 131 cm³/mol. The maximum absolute atomic E-state index is 4.39. The standard InChI is InChI=1S/C19H16N.C11H8N.Ir/c1-15(16-8-3-2-4-9-16)17-10-7-11-18(14-17)19-12-5-6-13-20-19;1-2-6-10(7-3-1)11-8-4-5-9-12-11;/h2-10,12-15H,1H3;1-6,8-9H;/q2*-1;. The second-order valence-electron chi connectivity index (χ2n) is 7.37. The zero-order chi connectivity index (χ0) is 22.0. The van der Waals surface area contributed by atoms with E-state index in [1.807, 2.05) is 79.0 Å². The first-order chi connectivity index (χ1) is 15.8. The Morgan fingerprint density at radius 3 is 1.79 bits per heavy atom. The Kier molecular flexibility index (Phi) is 9.26. The summed E-state index contributed by atoms with van der Waals surface area (Å²) in [6.07, 6.45) is 3.60. The van der Waals surface area contributed by atoms with Crippen molar-refractivity contribution in [2.24, 2.45) is 0 Å². The van der Waals surface area contributed by atoms with Gasteiger partial charge < -0.3 is 9.97 Å². The Bertz CT molecular complexity index is 1170. The fourth-order valence-corrected chi connectivity index (χ4v) is 3.43. The molecule has 1 atom stereocenters. The first-order valence-corrected chi connectivity index (χ1v) is 10.7. The first-order valence-electron chi connectivity index (χ1n) is 10.7. The van der Waals surface area contributed by atoms with Gasteiger partial charge in [-0.2, -0.15) is 0 Å². The van der Waals surface area contributed by atoms with Crippen molar-refractivity contribution in [2.45, 2.75) is 12.8 Å². The number of pyridine rings is 2. The van der Waals surface area contributed by atoms with Gasteiger partial charge in [0.2, 0.25) is 0 Å². The van der Waals surface area contributed by atoms with E-state index in [-0.39, 0.29) is 20.1 Å². The summed E-state index contributed by atoms with van der Waals surface area (Å²) in [5, 5.41) is 0. The van der Waals surface area contributed by atoms with E-state index in [2.05, 4.69) is 65.4 Å². The third kappa shape index (κ3) is 6.79. The summed E-state index contributed by atoms with van der Waals surface area (Å²) in [6, 6.07) is 42.9. The second kappa shape index (κ2) is 12.6. The zero-order valence-electron chi connectivity index (χ0n) is 18.4. The fourth-order valence-electron chi connectivity index (χ4n) is 3.43. The summed E-state index contributed by atoms with van der Waals surface area (Å²) in [5.74, 6) is 0.369. The van der Waals surface area contributed by atoms with E-state index in [9.17, 15) is 0 Å². The third-order valence-corrected chi connectivity index (χ3v) is 5.22. The van der Waals surface area contributed by atoms with Gasteiger partial charge in [0.15, 0.2) is 0 Å². The fraction of sp³-hybridized carbons (Fsp3) is 0.0667. The Morgan fingerprint density at radius 2 is 1.18 bits per heavy atom. The maximum atomic E-state index is 4.39. The molecule has 3 heteroatoms. The van der Waals surface area contributed by atoms with Crippen LogP contribution < -0.4 is 0 Å². The van der Waals surface area contributed by atoms with E-state index in [4.69, 9.17) is 0 Å². The summed E-state index contributed by atoms with van der Waals surface area (Å²) < 4.78 is 0. The predicted octanol–water partition coefficient (Wildman–Crippen LogP) is 7.25. The van der Waals surface area contributed by atoms with E-state index in [1.165, 1.54) is 11.1 Å². The van der Waals surface area contributed by atoms with Crippen LogP contribution in [-0.4, -0.2) is 9.97 Å². The normalized spacial score (nSPS) is 10.8. The molecule has 2 nitrogen and oxygen atoms in total. The van der Waals surface area contributed by atoms with Crippen molar-refractivity contribution < 1.29 is 20.1 Å². The molecule has 0 bridgehead atoms. The van der Waals surface area contributed by atoms with E-state index < -0.39 is 0 Å². The molecule has 0 fully saturated rings.